The van der Waals surface area contributed by atoms with Crippen LogP contribution in [0, 0.1) is 6.92 Å². The smallest absolute Gasteiger partial charge is 0.227 e. The van der Waals surface area contributed by atoms with E-state index < -0.39 is 10.8 Å². The number of aromatic amines is 1. The van der Waals surface area contributed by atoms with Gasteiger partial charge in [-0.25, -0.2) is 4.98 Å². The summed E-state index contributed by atoms with van der Waals surface area (Å²) in [7, 11) is 0. The van der Waals surface area contributed by atoms with E-state index in [0.29, 0.717) is 25.1 Å². The molecule has 0 atom stereocenters. The molecule has 1 aliphatic heterocycles. The number of rotatable bonds is 7. The average Bonchev–Trinajstić information content (AvgIpc) is 3.17. The van der Waals surface area contributed by atoms with E-state index in [0.717, 1.165) is 41.2 Å². The molecule has 1 fully saturated rings. The standard InChI is InChI=1S/C23H27N3O4S/c1-15-13-18(27)21(29)22(30-15)23(8-11-31-12-9-23)14-20(28)24-10-4-7-19-25-16-5-2-3-6-17(16)26-19/h2-3,5-6,13,29H,4,7-12,14H2,1H3,(H,24,28)(H,25,26). The molecule has 4 rings (SSSR count). The minimum absolute atomic E-state index is 0.0972. The fourth-order valence-electron chi connectivity index (χ4n) is 4.19. The van der Waals surface area contributed by atoms with Gasteiger partial charge < -0.3 is 19.8 Å². The zero-order chi connectivity index (χ0) is 21.8. The van der Waals surface area contributed by atoms with Gasteiger partial charge in [0.1, 0.15) is 11.6 Å². The molecule has 3 N–H and O–H groups in total. The fourth-order valence-corrected chi connectivity index (χ4v) is 5.46. The number of carbonyl (C=O) groups is 1. The van der Waals surface area contributed by atoms with Crippen LogP contribution in [-0.4, -0.2) is 39.0 Å². The molecule has 164 valence electrons. The lowest BCUT2D eigenvalue weighted by Crippen LogP contribution is -2.38. The van der Waals surface area contributed by atoms with Gasteiger partial charge in [0.05, 0.1) is 11.0 Å². The molecule has 31 heavy (non-hydrogen) atoms. The first kappa shape index (κ1) is 21.5. The van der Waals surface area contributed by atoms with Crippen molar-refractivity contribution in [2.24, 2.45) is 0 Å². The molecule has 0 radical (unpaired) electrons. The molecule has 0 aliphatic carbocycles. The molecule has 8 heteroatoms. The Labute approximate surface area is 184 Å². The number of hydrogen-bond acceptors (Lipinski definition) is 6. The lowest BCUT2D eigenvalue weighted by atomic mass is 9.75. The number of amides is 1. The van der Waals surface area contributed by atoms with Gasteiger partial charge in [0.2, 0.25) is 17.1 Å². The molecule has 1 aliphatic rings. The van der Waals surface area contributed by atoms with Crippen molar-refractivity contribution in [1.82, 2.24) is 15.3 Å². The number of aryl methyl sites for hydroxylation is 2. The third-order valence-electron chi connectivity index (χ3n) is 5.83. The zero-order valence-electron chi connectivity index (χ0n) is 17.6. The van der Waals surface area contributed by atoms with Gasteiger partial charge in [0, 0.05) is 30.9 Å². The van der Waals surface area contributed by atoms with Gasteiger partial charge in [-0.15, -0.1) is 0 Å². The van der Waals surface area contributed by atoms with Crippen LogP contribution in [0.5, 0.6) is 5.75 Å². The van der Waals surface area contributed by atoms with Gasteiger partial charge in [0.25, 0.3) is 0 Å². The van der Waals surface area contributed by atoms with Crippen LogP contribution in [0.15, 0.2) is 39.5 Å². The molecule has 1 aromatic carbocycles. The molecule has 2 aromatic heterocycles. The van der Waals surface area contributed by atoms with E-state index in [1.165, 1.54) is 6.07 Å². The molecule has 1 saturated heterocycles. The van der Waals surface area contributed by atoms with Crippen LogP contribution in [0.4, 0.5) is 0 Å². The number of thioether (sulfide) groups is 1. The molecule has 3 heterocycles. The van der Waals surface area contributed by atoms with Gasteiger partial charge >= 0.3 is 0 Å². The highest BCUT2D eigenvalue weighted by atomic mass is 32.2. The number of hydrogen-bond donors (Lipinski definition) is 3. The third-order valence-corrected chi connectivity index (χ3v) is 6.81. The summed E-state index contributed by atoms with van der Waals surface area (Å²) in [6.45, 7) is 2.22. The number of aromatic hydroxyl groups is 1. The summed E-state index contributed by atoms with van der Waals surface area (Å²) < 4.78 is 5.79. The van der Waals surface area contributed by atoms with E-state index in [4.69, 9.17) is 4.42 Å². The summed E-state index contributed by atoms with van der Waals surface area (Å²) in [6, 6.07) is 9.17. The van der Waals surface area contributed by atoms with E-state index in [-0.39, 0.29) is 23.8 Å². The second kappa shape index (κ2) is 9.18. The minimum atomic E-state index is -0.649. The number of benzene rings is 1. The molecule has 7 nitrogen and oxygen atoms in total. The molecule has 0 unspecified atom stereocenters. The first-order valence-electron chi connectivity index (χ1n) is 10.6. The van der Waals surface area contributed by atoms with Crippen LogP contribution in [0.3, 0.4) is 0 Å². The maximum absolute atomic E-state index is 12.8. The van der Waals surface area contributed by atoms with Crippen LogP contribution in [0.1, 0.15) is 43.0 Å². The number of aromatic nitrogens is 2. The van der Waals surface area contributed by atoms with Crippen molar-refractivity contribution in [2.75, 3.05) is 18.1 Å². The van der Waals surface area contributed by atoms with Crippen LogP contribution in [-0.2, 0) is 16.6 Å². The van der Waals surface area contributed by atoms with Crippen molar-refractivity contribution in [3.63, 3.8) is 0 Å². The van der Waals surface area contributed by atoms with Gasteiger partial charge in [-0.1, -0.05) is 12.1 Å². The van der Waals surface area contributed by atoms with Crippen molar-refractivity contribution in [3.05, 3.63) is 57.9 Å². The summed E-state index contributed by atoms with van der Waals surface area (Å²) in [4.78, 5) is 32.8. The molecular formula is C23H27N3O4S. The van der Waals surface area contributed by atoms with Crippen LogP contribution in [0.2, 0.25) is 0 Å². The molecule has 0 saturated carbocycles. The Kier molecular flexibility index (Phi) is 6.36. The number of nitrogens with one attached hydrogen (secondary N) is 2. The number of nitrogens with zero attached hydrogens (tertiary/aromatic N) is 1. The topological polar surface area (TPSA) is 108 Å². The Bertz CT molecular complexity index is 1100. The average molecular weight is 442 g/mol. The Morgan fingerprint density at radius 3 is 2.87 bits per heavy atom. The van der Waals surface area contributed by atoms with Crippen molar-refractivity contribution < 1.29 is 14.3 Å². The predicted octanol–water partition coefficient (Wildman–Crippen LogP) is 3.43. The van der Waals surface area contributed by atoms with Crippen LogP contribution < -0.4 is 10.7 Å². The summed E-state index contributed by atoms with van der Waals surface area (Å²) in [5.41, 5.74) is 0.849. The number of imidazole rings is 1. The molecular weight excluding hydrogens is 414 g/mol. The monoisotopic (exact) mass is 441 g/mol. The SMILES string of the molecule is Cc1cc(=O)c(O)c(C2(CC(=O)NCCCc3nc4ccccc4[nH]3)CCSCC2)o1. The maximum atomic E-state index is 12.8. The van der Waals surface area contributed by atoms with Crippen LogP contribution in [0.25, 0.3) is 11.0 Å². The molecule has 1 amide bonds. The third kappa shape index (κ3) is 4.79. The lowest BCUT2D eigenvalue weighted by molar-refractivity contribution is -0.122. The Hall–Kier alpha value is -2.74. The van der Waals surface area contributed by atoms with Crippen molar-refractivity contribution >= 4 is 28.7 Å². The molecule has 0 spiro atoms. The van der Waals surface area contributed by atoms with Gasteiger partial charge in [-0.3, -0.25) is 9.59 Å². The largest absolute Gasteiger partial charge is 0.502 e. The van der Waals surface area contributed by atoms with E-state index in [1.54, 1.807) is 6.92 Å². The number of carbonyl (C=O) groups excluding carboxylic acids is 1. The summed E-state index contributed by atoms with van der Waals surface area (Å²) in [5, 5.41) is 13.4. The predicted molar refractivity (Wildman–Crippen MR) is 122 cm³/mol. The normalized spacial score (nSPS) is 15.8. The van der Waals surface area contributed by atoms with Crippen molar-refractivity contribution in [1.29, 1.82) is 0 Å². The van der Waals surface area contributed by atoms with E-state index in [2.05, 4.69) is 15.3 Å². The first-order valence-corrected chi connectivity index (χ1v) is 11.7. The van der Waals surface area contributed by atoms with Crippen LogP contribution >= 0.6 is 11.8 Å². The van der Waals surface area contributed by atoms with E-state index in [9.17, 15) is 14.7 Å². The highest BCUT2D eigenvalue weighted by Crippen LogP contribution is 2.43. The number of para-hydroxylation sites is 2. The second-order valence-corrected chi connectivity index (χ2v) is 9.35. The van der Waals surface area contributed by atoms with Gasteiger partial charge in [-0.05, 0) is 49.8 Å². The summed E-state index contributed by atoms with van der Waals surface area (Å²) in [5.74, 6) is 2.86. The number of fused-ring (bicyclic) bond motifs is 1. The second-order valence-electron chi connectivity index (χ2n) is 8.12. The van der Waals surface area contributed by atoms with Crippen molar-refractivity contribution in [3.8, 4) is 5.75 Å². The Balaban J connectivity index is 1.38. The summed E-state index contributed by atoms with van der Waals surface area (Å²) >= 11 is 1.81. The lowest BCUT2D eigenvalue weighted by Gasteiger charge is -2.35. The maximum Gasteiger partial charge on any atom is 0.227 e. The highest BCUT2D eigenvalue weighted by molar-refractivity contribution is 7.99. The van der Waals surface area contributed by atoms with E-state index >= 15 is 0 Å². The first-order chi connectivity index (χ1) is 15.0. The van der Waals surface area contributed by atoms with Gasteiger partial charge in [0.15, 0.2) is 5.76 Å². The highest BCUT2D eigenvalue weighted by Gasteiger charge is 2.41. The molecule has 3 aromatic rings. The minimum Gasteiger partial charge on any atom is -0.502 e. The quantitative estimate of drug-likeness (QED) is 0.485. The summed E-state index contributed by atoms with van der Waals surface area (Å²) in [6.07, 6.45) is 3.07. The van der Waals surface area contributed by atoms with Gasteiger partial charge in [-0.2, -0.15) is 11.8 Å². The number of H-pyrrole nitrogens is 1. The Morgan fingerprint density at radius 1 is 1.32 bits per heavy atom. The van der Waals surface area contributed by atoms with Crippen molar-refractivity contribution in [2.45, 2.75) is 44.4 Å². The zero-order valence-corrected chi connectivity index (χ0v) is 18.4. The molecule has 0 bridgehead atoms. The Morgan fingerprint density at radius 2 is 2.10 bits per heavy atom. The van der Waals surface area contributed by atoms with E-state index in [1.807, 2.05) is 36.0 Å². The fraction of sp³-hybridized carbons (Fsp3) is 0.435.